The van der Waals surface area contributed by atoms with Crippen molar-refractivity contribution in [3.8, 4) is 5.69 Å². The topological polar surface area (TPSA) is 50.2 Å². The summed E-state index contributed by atoms with van der Waals surface area (Å²) in [5.74, 6) is -0.108. The molecule has 1 fully saturated rings. The Morgan fingerprint density at radius 3 is 2.55 bits per heavy atom. The number of amides is 1. The van der Waals surface area contributed by atoms with E-state index in [0.717, 1.165) is 61.9 Å². The Labute approximate surface area is 200 Å². The molecule has 0 bridgehead atoms. The van der Waals surface area contributed by atoms with Crippen LogP contribution in [-0.2, 0) is 19.3 Å². The highest BCUT2D eigenvalue weighted by Gasteiger charge is 2.26. The molecular weight excluding hydrogens is 432 g/mol. The number of aromatic nitrogens is 2. The minimum atomic E-state index is -0.108. The Bertz CT molecular complexity index is 1130. The van der Waals surface area contributed by atoms with E-state index in [2.05, 4.69) is 34.4 Å². The summed E-state index contributed by atoms with van der Waals surface area (Å²) in [5.41, 5.74) is 6.08. The molecule has 3 aromatic rings. The number of carbonyl (C=O) groups is 1. The van der Waals surface area contributed by atoms with Crippen molar-refractivity contribution in [1.29, 1.82) is 0 Å². The van der Waals surface area contributed by atoms with E-state index in [1.54, 1.807) is 6.20 Å². The van der Waals surface area contributed by atoms with Crippen LogP contribution >= 0.6 is 11.6 Å². The first kappa shape index (κ1) is 22.2. The Balaban J connectivity index is 1.34. The second-order valence-corrected chi connectivity index (χ2v) is 9.64. The summed E-state index contributed by atoms with van der Waals surface area (Å²) >= 11 is 6.04. The smallest absolute Gasteiger partial charge is 0.259 e. The lowest BCUT2D eigenvalue weighted by Crippen LogP contribution is -2.41. The van der Waals surface area contributed by atoms with Gasteiger partial charge in [-0.2, -0.15) is 5.10 Å². The highest BCUT2D eigenvalue weighted by molar-refractivity contribution is 6.30. The van der Waals surface area contributed by atoms with Crippen molar-refractivity contribution < 1.29 is 4.79 Å². The number of fused-ring (bicyclic) bond motifs is 1. The van der Waals surface area contributed by atoms with E-state index in [4.69, 9.17) is 11.6 Å². The van der Waals surface area contributed by atoms with Crippen molar-refractivity contribution in [3.63, 3.8) is 0 Å². The van der Waals surface area contributed by atoms with Crippen molar-refractivity contribution in [2.45, 2.75) is 57.9 Å². The number of nitrogens with zero attached hydrogens (tertiary/aromatic N) is 3. The summed E-state index contributed by atoms with van der Waals surface area (Å²) in [6, 6.07) is 14.7. The highest BCUT2D eigenvalue weighted by atomic mass is 35.5. The fourth-order valence-electron chi connectivity index (χ4n) is 4.98. The lowest BCUT2D eigenvalue weighted by atomic mass is 9.91. The molecule has 172 valence electrons. The lowest BCUT2D eigenvalue weighted by molar-refractivity contribution is 0.102. The lowest BCUT2D eigenvalue weighted by Gasteiger charge is -2.36. The van der Waals surface area contributed by atoms with Crippen molar-refractivity contribution in [1.82, 2.24) is 14.7 Å². The Kier molecular flexibility index (Phi) is 6.52. The van der Waals surface area contributed by atoms with Crippen LogP contribution in [0.2, 0.25) is 5.02 Å². The predicted octanol–water partition coefficient (Wildman–Crippen LogP) is 5.68. The zero-order valence-electron chi connectivity index (χ0n) is 19.2. The summed E-state index contributed by atoms with van der Waals surface area (Å²) < 4.78 is 1.85. The van der Waals surface area contributed by atoms with Gasteiger partial charge in [0, 0.05) is 29.8 Å². The Morgan fingerprint density at radius 1 is 1.09 bits per heavy atom. The summed E-state index contributed by atoms with van der Waals surface area (Å²) in [7, 11) is 0. The number of hydrogen-bond donors (Lipinski definition) is 1. The van der Waals surface area contributed by atoms with Crippen molar-refractivity contribution in [2.24, 2.45) is 0 Å². The molecule has 0 saturated heterocycles. The molecule has 0 atom stereocenters. The first-order valence-electron chi connectivity index (χ1n) is 12.1. The molecule has 1 saturated carbocycles. The molecule has 1 aliphatic carbocycles. The number of carbonyl (C=O) groups excluding carboxylic acids is 1. The minimum absolute atomic E-state index is 0.108. The van der Waals surface area contributed by atoms with Crippen LogP contribution < -0.4 is 5.32 Å². The molecule has 1 aromatic heterocycles. The van der Waals surface area contributed by atoms with Crippen LogP contribution in [-0.4, -0.2) is 39.7 Å². The number of anilines is 1. The van der Waals surface area contributed by atoms with Crippen LogP contribution in [0.15, 0.2) is 48.7 Å². The quantitative estimate of drug-likeness (QED) is 0.512. The SMILES string of the molecule is CCCc1c(C(=O)Nc2ccc3c(c2)CCN(C2CCC2)CC3)cnn1-c1ccc(Cl)cc1. The normalized spacial score (nSPS) is 16.7. The van der Waals surface area contributed by atoms with Gasteiger partial charge < -0.3 is 5.32 Å². The second-order valence-electron chi connectivity index (χ2n) is 9.20. The van der Waals surface area contributed by atoms with Crippen molar-refractivity contribution in [3.05, 3.63) is 76.1 Å². The van der Waals surface area contributed by atoms with Gasteiger partial charge in [0.2, 0.25) is 0 Å². The standard InChI is InChI=1S/C27H31ClN4O/c1-2-4-26-25(18-29-32(26)24-11-8-21(28)9-12-24)27(33)30-22-10-7-19-13-15-31(23-5-3-6-23)16-14-20(19)17-22/h7-12,17-18,23H,2-6,13-16H2,1H3,(H,30,33). The molecule has 33 heavy (non-hydrogen) atoms. The van der Waals surface area contributed by atoms with Crippen LogP contribution in [0.3, 0.4) is 0 Å². The Morgan fingerprint density at radius 2 is 1.85 bits per heavy atom. The van der Waals surface area contributed by atoms with Crippen LogP contribution in [0.5, 0.6) is 0 Å². The molecule has 6 heteroatoms. The maximum Gasteiger partial charge on any atom is 0.259 e. The highest BCUT2D eigenvalue weighted by Crippen LogP contribution is 2.28. The third kappa shape index (κ3) is 4.71. The van der Waals surface area contributed by atoms with Gasteiger partial charge in [-0.05, 0) is 79.6 Å². The van der Waals surface area contributed by atoms with E-state index in [1.807, 2.05) is 35.0 Å². The van der Waals surface area contributed by atoms with Gasteiger partial charge in [-0.1, -0.05) is 37.4 Å². The first-order chi connectivity index (χ1) is 16.1. The molecule has 1 amide bonds. The zero-order valence-corrected chi connectivity index (χ0v) is 19.9. The number of halogens is 1. The van der Waals surface area contributed by atoms with Gasteiger partial charge in [0.25, 0.3) is 5.91 Å². The van der Waals surface area contributed by atoms with E-state index in [-0.39, 0.29) is 5.91 Å². The fraction of sp³-hybridized carbons (Fsp3) is 0.407. The predicted molar refractivity (Wildman–Crippen MR) is 134 cm³/mol. The van der Waals surface area contributed by atoms with Gasteiger partial charge in [0.15, 0.2) is 0 Å². The van der Waals surface area contributed by atoms with Crippen LogP contribution in [0.25, 0.3) is 5.69 Å². The minimum Gasteiger partial charge on any atom is -0.322 e. The average Bonchev–Trinajstić information content (AvgIpc) is 3.08. The molecule has 2 aliphatic rings. The molecule has 1 aliphatic heterocycles. The molecule has 2 heterocycles. The number of nitrogens with one attached hydrogen (secondary N) is 1. The fourth-order valence-corrected chi connectivity index (χ4v) is 5.11. The van der Waals surface area contributed by atoms with Gasteiger partial charge in [-0.15, -0.1) is 0 Å². The van der Waals surface area contributed by atoms with Crippen LogP contribution in [0.1, 0.15) is 59.8 Å². The Hall–Kier alpha value is -2.63. The van der Waals surface area contributed by atoms with E-state index in [0.29, 0.717) is 10.6 Å². The molecule has 0 unspecified atom stereocenters. The van der Waals surface area contributed by atoms with Gasteiger partial charge in [0.05, 0.1) is 23.1 Å². The third-order valence-electron chi connectivity index (χ3n) is 7.06. The molecular formula is C27H31ClN4O. The van der Waals surface area contributed by atoms with E-state index < -0.39 is 0 Å². The van der Waals surface area contributed by atoms with Crippen molar-refractivity contribution >= 4 is 23.2 Å². The van der Waals surface area contributed by atoms with Gasteiger partial charge in [-0.3, -0.25) is 9.69 Å². The maximum atomic E-state index is 13.2. The summed E-state index contributed by atoms with van der Waals surface area (Å²) in [5, 5.41) is 8.34. The van der Waals surface area contributed by atoms with Crippen LogP contribution in [0, 0.1) is 0 Å². The molecule has 2 aromatic carbocycles. The largest absolute Gasteiger partial charge is 0.322 e. The zero-order chi connectivity index (χ0) is 22.8. The monoisotopic (exact) mass is 462 g/mol. The molecule has 1 N–H and O–H groups in total. The second kappa shape index (κ2) is 9.70. The van der Waals surface area contributed by atoms with Gasteiger partial charge in [0.1, 0.15) is 0 Å². The number of benzene rings is 2. The summed E-state index contributed by atoms with van der Waals surface area (Å²) in [4.78, 5) is 15.9. The molecule has 5 rings (SSSR count). The number of rotatable bonds is 6. The average molecular weight is 463 g/mol. The van der Waals surface area contributed by atoms with Crippen molar-refractivity contribution in [2.75, 3.05) is 18.4 Å². The third-order valence-corrected chi connectivity index (χ3v) is 7.32. The van der Waals surface area contributed by atoms with Gasteiger partial charge >= 0.3 is 0 Å². The van der Waals surface area contributed by atoms with E-state index in [1.165, 1.54) is 30.4 Å². The maximum absolute atomic E-state index is 13.2. The molecule has 5 nitrogen and oxygen atoms in total. The van der Waals surface area contributed by atoms with Gasteiger partial charge in [-0.25, -0.2) is 4.68 Å². The molecule has 0 radical (unpaired) electrons. The van der Waals surface area contributed by atoms with E-state index in [9.17, 15) is 4.79 Å². The van der Waals surface area contributed by atoms with E-state index >= 15 is 0 Å². The first-order valence-corrected chi connectivity index (χ1v) is 12.5. The van der Waals surface area contributed by atoms with Crippen LogP contribution in [0.4, 0.5) is 5.69 Å². The number of hydrogen-bond acceptors (Lipinski definition) is 3. The summed E-state index contributed by atoms with van der Waals surface area (Å²) in [6.07, 6.45) is 9.58. The summed E-state index contributed by atoms with van der Waals surface area (Å²) in [6.45, 7) is 4.37. The molecule has 0 spiro atoms.